The highest BCUT2D eigenvalue weighted by Gasteiger charge is 2.35. The van der Waals surface area contributed by atoms with Crippen LogP contribution in [-0.2, 0) is 11.3 Å². The summed E-state index contributed by atoms with van der Waals surface area (Å²) in [5.74, 6) is -0.462. The summed E-state index contributed by atoms with van der Waals surface area (Å²) >= 11 is 5.85. The van der Waals surface area contributed by atoms with Gasteiger partial charge in [-0.2, -0.15) is 0 Å². The maximum absolute atomic E-state index is 12.2. The molecule has 23 heavy (non-hydrogen) atoms. The summed E-state index contributed by atoms with van der Waals surface area (Å²) in [6, 6.07) is 8.02. The number of hydrogen-bond acceptors (Lipinski definition) is 4. The highest BCUT2D eigenvalue weighted by molar-refractivity contribution is 6.32. The molecule has 1 aromatic heterocycles. The summed E-state index contributed by atoms with van der Waals surface area (Å²) in [5, 5.41) is 3.06. The predicted octanol–water partition coefficient (Wildman–Crippen LogP) is 2.24. The van der Waals surface area contributed by atoms with Crippen molar-refractivity contribution in [1.29, 1.82) is 0 Å². The molecule has 118 valence electrons. The molecule has 1 aliphatic rings. The maximum Gasteiger partial charge on any atom is 0.261 e. The monoisotopic (exact) mass is 332 g/mol. The molecule has 0 aliphatic carbocycles. The van der Waals surface area contributed by atoms with Crippen LogP contribution in [0.15, 0.2) is 41.0 Å². The molecule has 6 nitrogen and oxygen atoms in total. The number of hydrogen-bond donors (Lipinski definition) is 1. The topological polar surface area (TPSA) is 79.6 Å². The summed E-state index contributed by atoms with van der Waals surface area (Å²) < 4.78 is 5.10. The van der Waals surface area contributed by atoms with Crippen molar-refractivity contribution in [3.05, 3.63) is 58.5 Å². The van der Waals surface area contributed by atoms with Crippen molar-refractivity contribution >= 4 is 29.3 Å². The van der Waals surface area contributed by atoms with Crippen molar-refractivity contribution in [3.63, 3.8) is 0 Å². The molecule has 0 saturated carbocycles. The fourth-order valence-corrected chi connectivity index (χ4v) is 2.54. The van der Waals surface area contributed by atoms with Gasteiger partial charge in [0.2, 0.25) is 5.91 Å². The van der Waals surface area contributed by atoms with Crippen molar-refractivity contribution in [2.75, 3.05) is 6.54 Å². The van der Waals surface area contributed by atoms with Gasteiger partial charge in [0.25, 0.3) is 11.8 Å². The van der Waals surface area contributed by atoms with Gasteiger partial charge in [-0.05, 0) is 30.3 Å². The van der Waals surface area contributed by atoms with Crippen molar-refractivity contribution in [2.24, 2.45) is 0 Å². The van der Waals surface area contributed by atoms with E-state index >= 15 is 0 Å². The molecule has 0 spiro atoms. The van der Waals surface area contributed by atoms with Gasteiger partial charge >= 0.3 is 0 Å². The van der Waals surface area contributed by atoms with Crippen LogP contribution in [0.3, 0.4) is 0 Å². The Balaban J connectivity index is 1.58. The molecular weight excluding hydrogens is 320 g/mol. The van der Waals surface area contributed by atoms with Gasteiger partial charge in [0, 0.05) is 18.0 Å². The third-order valence-corrected chi connectivity index (χ3v) is 3.77. The molecule has 0 unspecified atom stereocenters. The fraction of sp³-hybridized carbons (Fsp3) is 0.188. The summed E-state index contributed by atoms with van der Waals surface area (Å²) in [5.41, 5.74) is 0.592. The zero-order chi connectivity index (χ0) is 16.4. The quantitative estimate of drug-likeness (QED) is 0.851. The number of carbonyl (C=O) groups excluding carboxylic acids is 3. The first kappa shape index (κ1) is 15.3. The number of nitrogens with one attached hydrogen (secondary N) is 1. The number of furan rings is 1. The van der Waals surface area contributed by atoms with Crippen molar-refractivity contribution in [3.8, 4) is 0 Å². The molecule has 3 amide bonds. The Kier molecular flexibility index (Phi) is 4.16. The SMILES string of the molecule is O=C(CCN1C(=O)c2ccc(Cl)cc2C1=O)NCc1ccco1. The van der Waals surface area contributed by atoms with E-state index in [1.165, 1.54) is 18.4 Å². The molecule has 1 aromatic carbocycles. The van der Waals surface area contributed by atoms with Gasteiger partial charge < -0.3 is 9.73 Å². The number of halogens is 1. The van der Waals surface area contributed by atoms with Gasteiger partial charge in [0.15, 0.2) is 0 Å². The van der Waals surface area contributed by atoms with E-state index in [-0.39, 0.29) is 31.0 Å². The smallest absolute Gasteiger partial charge is 0.261 e. The fourth-order valence-electron chi connectivity index (χ4n) is 2.37. The number of nitrogens with zero attached hydrogens (tertiary/aromatic N) is 1. The molecular formula is C16H13ClN2O4. The highest BCUT2D eigenvalue weighted by Crippen LogP contribution is 2.25. The van der Waals surface area contributed by atoms with Crippen LogP contribution in [-0.4, -0.2) is 29.2 Å². The lowest BCUT2D eigenvalue weighted by atomic mass is 10.1. The van der Waals surface area contributed by atoms with E-state index in [4.69, 9.17) is 16.0 Å². The van der Waals surface area contributed by atoms with E-state index in [9.17, 15) is 14.4 Å². The molecule has 3 rings (SSSR count). The van der Waals surface area contributed by atoms with Gasteiger partial charge in [-0.3, -0.25) is 19.3 Å². The van der Waals surface area contributed by atoms with Crippen LogP contribution in [0.4, 0.5) is 0 Å². The number of imide groups is 1. The van der Waals surface area contributed by atoms with Crippen LogP contribution >= 0.6 is 11.6 Å². The number of rotatable bonds is 5. The van der Waals surface area contributed by atoms with Gasteiger partial charge in [-0.1, -0.05) is 11.6 Å². The number of amides is 3. The van der Waals surface area contributed by atoms with Gasteiger partial charge in [-0.15, -0.1) is 0 Å². The van der Waals surface area contributed by atoms with Crippen molar-refractivity contribution in [2.45, 2.75) is 13.0 Å². The Hall–Kier alpha value is -2.60. The molecule has 1 N–H and O–H groups in total. The van der Waals surface area contributed by atoms with Crippen LogP contribution in [0.25, 0.3) is 0 Å². The molecule has 0 atom stereocenters. The van der Waals surface area contributed by atoms with Crippen LogP contribution in [0.2, 0.25) is 5.02 Å². The minimum atomic E-state index is -0.425. The van der Waals surface area contributed by atoms with Crippen LogP contribution in [0.1, 0.15) is 32.9 Å². The van der Waals surface area contributed by atoms with E-state index in [2.05, 4.69) is 5.32 Å². The lowest BCUT2D eigenvalue weighted by Crippen LogP contribution is -2.34. The zero-order valence-electron chi connectivity index (χ0n) is 12.0. The van der Waals surface area contributed by atoms with Gasteiger partial charge in [-0.25, -0.2) is 0 Å². The summed E-state index contributed by atoms with van der Waals surface area (Å²) in [6.45, 7) is 0.289. The van der Waals surface area contributed by atoms with E-state index in [0.717, 1.165) is 4.90 Å². The Morgan fingerprint density at radius 1 is 1.17 bits per heavy atom. The third kappa shape index (κ3) is 3.12. The van der Waals surface area contributed by atoms with Crippen molar-refractivity contribution < 1.29 is 18.8 Å². The second-order valence-electron chi connectivity index (χ2n) is 5.06. The first-order chi connectivity index (χ1) is 11.1. The predicted molar refractivity (Wildman–Crippen MR) is 82.0 cm³/mol. The lowest BCUT2D eigenvalue weighted by Gasteiger charge is -2.13. The zero-order valence-corrected chi connectivity index (χ0v) is 12.8. The summed E-state index contributed by atoms with van der Waals surface area (Å²) in [7, 11) is 0. The van der Waals surface area contributed by atoms with Crippen molar-refractivity contribution in [1.82, 2.24) is 10.2 Å². The molecule has 0 bridgehead atoms. The Morgan fingerprint density at radius 2 is 1.96 bits per heavy atom. The second-order valence-corrected chi connectivity index (χ2v) is 5.49. The number of carbonyl (C=O) groups is 3. The minimum absolute atomic E-state index is 0.0218. The van der Waals surface area contributed by atoms with Gasteiger partial charge in [0.05, 0.1) is 23.9 Å². The minimum Gasteiger partial charge on any atom is -0.467 e. The molecule has 2 heterocycles. The molecule has 7 heteroatoms. The van der Waals surface area contributed by atoms with E-state index in [1.807, 2.05) is 0 Å². The molecule has 0 fully saturated rings. The van der Waals surface area contributed by atoms with E-state index < -0.39 is 11.8 Å². The summed E-state index contributed by atoms with van der Waals surface area (Å²) in [4.78, 5) is 37.3. The standard InChI is InChI=1S/C16H13ClN2O4/c17-10-3-4-12-13(8-10)16(22)19(15(12)21)6-5-14(20)18-9-11-2-1-7-23-11/h1-4,7-8H,5-6,9H2,(H,18,20). The lowest BCUT2D eigenvalue weighted by molar-refractivity contribution is -0.121. The molecule has 0 radical (unpaired) electrons. The molecule has 1 aliphatic heterocycles. The van der Waals surface area contributed by atoms with Crippen LogP contribution in [0.5, 0.6) is 0 Å². The Morgan fingerprint density at radius 3 is 2.70 bits per heavy atom. The number of fused-ring (bicyclic) bond motifs is 1. The number of benzene rings is 1. The Bertz CT molecular complexity index is 770. The second kappa shape index (κ2) is 6.26. The first-order valence-corrected chi connectivity index (χ1v) is 7.39. The van der Waals surface area contributed by atoms with E-state index in [0.29, 0.717) is 16.3 Å². The normalized spacial score (nSPS) is 13.3. The summed E-state index contributed by atoms with van der Waals surface area (Å²) in [6.07, 6.45) is 1.55. The largest absolute Gasteiger partial charge is 0.467 e. The average Bonchev–Trinajstić information content (AvgIpc) is 3.12. The highest BCUT2D eigenvalue weighted by atomic mass is 35.5. The maximum atomic E-state index is 12.2. The van der Waals surface area contributed by atoms with Gasteiger partial charge in [0.1, 0.15) is 5.76 Å². The average molecular weight is 333 g/mol. The van der Waals surface area contributed by atoms with E-state index in [1.54, 1.807) is 18.2 Å². The molecule has 2 aromatic rings. The first-order valence-electron chi connectivity index (χ1n) is 7.01. The molecule has 0 saturated heterocycles. The van der Waals surface area contributed by atoms with Crippen LogP contribution in [0, 0.1) is 0 Å². The Labute approximate surface area is 137 Å². The third-order valence-electron chi connectivity index (χ3n) is 3.54. The van der Waals surface area contributed by atoms with Crippen LogP contribution < -0.4 is 5.32 Å².